The van der Waals surface area contributed by atoms with Crippen LogP contribution in [0.4, 0.5) is 29.2 Å². The van der Waals surface area contributed by atoms with E-state index in [9.17, 15) is 63.0 Å². The first-order valence-electron chi connectivity index (χ1n) is 43.6. The highest BCUT2D eigenvalue weighted by molar-refractivity contribution is 8.09. The van der Waals surface area contributed by atoms with Gasteiger partial charge in [0.2, 0.25) is 5.95 Å². The number of imidazole rings is 4. The van der Waals surface area contributed by atoms with Crippen LogP contribution in [0.5, 0.6) is 0 Å². The number of fused-ring (bicyclic) bond motifs is 4. The van der Waals surface area contributed by atoms with Crippen LogP contribution < -0.4 is 62.4 Å². The number of aromatic amines is 3. The summed E-state index contributed by atoms with van der Waals surface area (Å²) in [5.74, 6) is -0.301. The molecule has 7 aliphatic rings. The average molecular weight is 2310 g/mol. The fourth-order valence-electron chi connectivity index (χ4n) is 17.1. The predicted molar refractivity (Wildman–Crippen MR) is 529 cm³/mol. The van der Waals surface area contributed by atoms with Crippen molar-refractivity contribution in [3.05, 3.63) is 142 Å². The fourth-order valence-corrected chi connectivity index (χ4v) is 27.0. The van der Waals surface area contributed by atoms with Crippen molar-refractivity contribution in [2.75, 3.05) is 75.4 Å². The molecule has 0 spiro atoms. The zero-order valence-corrected chi connectivity index (χ0v) is 88.1. The molecule has 792 valence electrons. The Labute approximate surface area is 854 Å². The van der Waals surface area contributed by atoms with Crippen LogP contribution in [0.15, 0.2) is 91.6 Å². The van der Waals surface area contributed by atoms with Crippen molar-refractivity contribution in [2.24, 2.45) is 0 Å². The Hall–Kier alpha value is -7.33. The summed E-state index contributed by atoms with van der Waals surface area (Å²) in [7, 11) is 1.15. The number of ether oxygens (including phenoxy) is 7. The molecule has 20 N–H and O–H groups in total. The zero-order chi connectivity index (χ0) is 104. The maximum absolute atomic E-state index is 13.7. The second-order valence-electron chi connectivity index (χ2n) is 33.9. The standard InChI is InChI=1S/C71H92N27O34P7S7/c1-29-13-92(69(102)87-57(29)72)47-7-35(41(120-47)17-115-138(110,145)130-37-10-50(96-26-84-54-59(74)78-23-81-62(54)96)123-43(37)19-113-134(106,141)126-33-6-46(119-32(33)4)93-14-30(2)65(99)90-70(93)103)128-135(107,142)117-20-44-38(11-51(124-44)97-27-85-55-60(75)79-24-82-63(55)97)131-139(111,146)116-18-42-36(8-48(121-42)94-15-31(3)66(100)91-71(94)104)129-136(108,143)118-21-45-39(12-52(125-45)98-28-86-56-64(98)88-68(76)89-67(56)101)132-137(109,144)114-16-40-34(127-133(105,140)112-5)9-49(122-40)95-25-83-53-58(73)77-22-80-61(53)95/h13-15,22-28,32-52H,6-12,16-21H2,1-5H3,(H,105,140)(H,106,141)(H,107,142)(H,108,143)(H,109,144)(H,110,145)(H,111,146)(H2,72,87,102)(H2,73,77,80)(H2,74,78,81)(H2,75,79,82)(H,90,99,103)(H,91,100,104)(H3,76,88,89,101)/t32-,33-,34-,35-,36-,37-,38-,39-,40-,41-,42-,43-,44-,45-,46-,47-,48-,49-,50-,51-,52-,133?,134?,135?,136?,137?,138?,139?/m1/s1. The number of H-pyrrole nitrogens is 3. The molecule has 0 aromatic carbocycles. The maximum Gasteiger partial charge on any atom is 0.351 e. The molecule has 7 aliphatic heterocycles. The molecule has 0 aliphatic carbocycles. The summed E-state index contributed by atoms with van der Waals surface area (Å²) in [4.78, 5) is 219. The van der Waals surface area contributed by atoms with Gasteiger partial charge in [0.25, 0.3) is 16.7 Å². The molecule has 0 amide bonds. The van der Waals surface area contributed by atoms with Gasteiger partial charge in [-0.25, -0.2) is 64.2 Å². The van der Waals surface area contributed by atoms with E-state index in [1.54, 1.807) is 13.8 Å². The first-order valence-corrected chi connectivity index (χ1v) is 61.7. The van der Waals surface area contributed by atoms with E-state index in [0.29, 0.717) is 5.56 Å². The lowest BCUT2D eigenvalue weighted by Gasteiger charge is -2.29. The van der Waals surface area contributed by atoms with Crippen molar-refractivity contribution in [2.45, 2.75) is 202 Å². The molecule has 28 atom stereocenters. The minimum Gasteiger partial charge on any atom is -0.383 e. The van der Waals surface area contributed by atoms with Gasteiger partial charge in [-0.2, -0.15) is 9.97 Å². The molecule has 7 saturated heterocycles. The van der Waals surface area contributed by atoms with Crippen molar-refractivity contribution in [1.29, 1.82) is 0 Å². The SMILES string of the molecule is COP(O)(=S)O[C@@H]1C[C@H](n2cnc3c(N)ncnc32)O[C@@H]1COP(O)(=S)O[C@@H]1C[C@H](n2cnc3c(=O)[nH]c(N)nc32)O[C@@H]1COP(O)(=S)O[C@@H]1C[C@H](n2cc(C)c(=O)[nH]c2=O)O[C@@H]1COP(O)(=S)O[C@@H]1C[C@H](n2cnc3c(N)ncnc32)O[C@@H]1COP(O)(=S)O[C@@H]1C[C@H](n2cc(C)c(N)nc2=O)O[C@@H]1COP(O)(=S)O[C@@H]1C[C@H](n2cnc3c(N)ncnc32)O[C@@H]1COP(O)(=S)O[C@@H]1C[C@H](n2cc(C)c(=O)[nH]c2=O)O[C@@H]1C. The molecule has 0 radical (unpaired) electrons. The van der Waals surface area contributed by atoms with Crippen molar-refractivity contribution in [3.8, 4) is 0 Å². The second kappa shape index (κ2) is 43.3. The first kappa shape index (κ1) is 108. The monoisotopic (exact) mass is 2310 g/mol. The van der Waals surface area contributed by atoms with Gasteiger partial charge in [-0.1, -0.05) is 0 Å². The number of rotatable bonds is 40. The molecule has 0 saturated carbocycles. The summed E-state index contributed by atoms with van der Waals surface area (Å²) in [5, 5.41) is 0. The van der Waals surface area contributed by atoms with Crippen molar-refractivity contribution < 1.29 is 131 Å². The lowest BCUT2D eigenvalue weighted by molar-refractivity contribution is -0.0571. The average Bonchev–Trinajstić information content (AvgIpc) is 1.63. The van der Waals surface area contributed by atoms with Crippen molar-refractivity contribution >= 4 is 204 Å². The van der Waals surface area contributed by atoms with Crippen LogP contribution in [-0.4, -0.2) is 273 Å². The lowest BCUT2D eigenvalue weighted by atomic mass is 10.2. The highest BCUT2D eigenvalue weighted by Crippen LogP contribution is 2.59. The number of nitrogens with two attached hydrogens (primary N) is 5. The normalized spacial score (nSPS) is 29.5. The maximum atomic E-state index is 13.7. The van der Waals surface area contributed by atoms with Crippen LogP contribution in [0.1, 0.15) is 112 Å². The van der Waals surface area contributed by atoms with Crippen molar-refractivity contribution in [1.82, 2.24) is 107 Å². The Bertz CT molecular complexity index is 7580. The van der Waals surface area contributed by atoms with Gasteiger partial charge in [0, 0.05) is 87.3 Å². The first-order chi connectivity index (χ1) is 69.0. The number of nitrogens with one attached hydrogen (secondary N) is 3. The summed E-state index contributed by atoms with van der Waals surface area (Å²) >= 11 is 39.2. The lowest BCUT2D eigenvalue weighted by Crippen LogP contribution is -2.33. The predicted octanol–water partition coefficient (Wildman–Crippen LogP) is 0.825. The van der Waals surface area contributed by atoms with E-state index in [1.165, 1.54) is 99.6 Å². The highest BCUT2D eigenvalue weighted by Gasteiger charge is 2.52. The third kappa shape index (κ3) is 24.5. The van der Waals surface area contributed by atoms with Gasteiger partial charge in [-0.05, 0) is 110 Å². The molecule has 18 heterocycles. The molecular formula is C71H92N27O34P7S7. The molecule has 7 fully saturated rings. The Morgan fingerprint density at radius 2 is 0.610 bits per heavy atom. The van der Waals surface area contributed by atoms with Crippen LogP contribution in [-0.2, 0) is 179 Å². The molecule has 18 rings (SSSR count). The van der Waals surface area contributed by atoms with Crippen LogP contribution in [0.3, 0.4) is 0 Å². The van der Waals surface area contributed by atoms with E-state index in [1.807, 2.05) is 0 Å². The fraction of sp³-hybridized carbons (Fsp3) is 0.549. The minimum absolute atomic E-state index is 0.0154. The summed E-state index contributed by atoms with van der Waals surface area (Å²) in [6, 6.07) is 0. The summed E-state index contributed by atoms with van der Waals surface area (Å²) in [6.45, 7) is -29.6. The quantitative estimate of drug-likeness (QED) is 0.0236. The third-order valence-electron chi connectivity index (χ3n) is 24.2. The Balaban J connectivity index is 0.559. The summed E-state index contributed by atoms with van der Waals surface area (Å²) in [5.41, 5.74) is 27.5. The Morgan fingerprint density at radius 3 is 0.938 bits per heavy atom. The van der Waals surface area contributed by atoms with Crippen molar-refractivity contribution in [3.63, 3.8) is 0 Å². The number of anilines is 5. The van der Waals surface area contributed by atoms with Crippen LogP contribution in [0, 0.1) is 20.8 Å². The summed E-state index contributed by atoms with van der Waals surface area (Å²) in [6.07, 6.45) is -14.6. The van der Waals surface area contributed by atoms with E-state index in [0.717, 1.165) is 16.2 Å². The van der Waals surface area contributed by atoms with Gasteiger partial charge >= 0.3 is 64.1 Å². The van der Waals surface area contributed by atoms with E-state index >= 15 is 0 Å². The van der Waals surface area contributed by atoms with Gasteiger partial charge < -0.3 is 159 Å². The topological polar surface area (TPSA) is 805 Å². The Morgan fingerprint density at radius 1 is 0.336 bits per heavy atom. The van der Waals surface area contributed by atoms with E-state index < -0.39 is 249 Å². The second-order valence-corrected chi connectivity index (χ2v) is 53.6. The number of hydrogen-bond acceptors (Lipinski definition) is 51. The Kier molecular flexibility index (Phi) is 32.2. The van der Waals surface area contributed by atoms with Gasteiger partial charge in [-0.15, -0.1) is 0 Å². The molecule has 0 bridgehead atoms. The molecule has 75 heteroatoms. The number of nitrogens with zero attached hydrogens (tertiary/aromatic N) is 19. The number of nitrogen functional groups attached to an aromatic ring is 5. The van der Waals surface area contributed by atoms with Crippen LogP contribution in [0.25, 0.3) is 44.7 Å². The largest absolute Gasteiger partial charge is 0.383 e. The van der Waals surface area contributed by atoms with E-state index in [2.05, 4.69) is 74.8 Å². The highest BCUT2D eigenvalue weighted by atomic mass is 32.5. The number of aryl methyl sites for hydroxylation is 3. The summed E-state index contributed by atoms with van der Waals surface area (Å²) < 4.78 is 138. The zero-order valence-electron chi connectivity index (χ0n) is 76.1. The van der Waals surface area contributed by atoms with E-state index in [-0.39, 0.29) is 130 Å². The van der Waals surface area contributed by atoms with Gasteiger partial charge in [0.05, 0.1) is 114 Å². The molecule has 11 aromatic rings. The van der Waals surface area contributed by atoms with Crippen LogP contribution >= 0.6 is 47.0 Å². The van der Waals surface area contributed by atoms with Crippen LogP contribution in [0.2, 0.25) is 0 Å². The molecular weight excluding hydrogens is 2220 g/mol. The molecule has 146 heavy (non-hydrogen) atoms. The van der Waals surface area contributed by atoms with Gasteiger partial charge in [-0.3, -0.25) is 61.3 Å². The number of aromatic nitrogens is 22. The van der Waals surface area contributed by atoms with Gasteiger partial charge in [0.1, 0.15) is 122 Å². The third-order valence-corrected chi connectivity index (χ3v) is 35.4. The molecule has 61 nitrogen and oxygen atoms in total. The minimum atomic E-state index is -4.73. The van der Waals surface area contributed by atoms with Gasteiger partial charge in [0.15, 0.2) is 45.6 Å². The smallest absolute Gasteiger partial charge is 0.351 e. The number of hydrogen-bond donors (Lipinski definition) is 15. The van der Waals surface area contributed by atoms with E-state index in [4.69, 9.17) is 208 Å². The molecule has 7 unspecified atom stereocenters. The molecule has 11 aromatic heterocycles.